The van der Waals surface area contributed by atoms with Gasteiger partial charge in [0.25, 0.3) is 0 Å². The quantitative estimate of drug-likeness (QED) is 0.399. The molecule has 4 N–H and O–H groups in total. The van der Waals surface area contributed by atoms with Crippen LogP contribution in [0.15, 0.2) is 0 Å². The van der Waals surface area contributed by atoms with Crippen LogP contribution in [0.3, 0.4) is 0 Å². The molecule has 0 aliphatic carbocycles. The van der Waals surface area contributed by atoms with Crippen molar-refractivity contribution in [3.05, 3.63) is 0 Å². The Balaban J connectivity index is -0.000000315. The Labute approximate surface area is 158 Å². The van der Waals surface area contributed by atoms with E-state index in [1.165, 1.54) is 0 Å². The highest BCUT2D eigenvalue weighted by Crippen LogP contribution is 1.98. The van der Waals surface area contributed by atoms with Crippen LogP contribution in [0.1, 0.15) is 6.42 Å². The number of aliphatic hydroxyl groups is 2. The summed E-state index contributed by atoms with van der Waals surface area (Å²) in [4.78, 5) is 20.1. The molecule has 0 saturated heterocycles. The van der Waals surface area contributed by atoms with Gasteiger partial charge in [-0.2, -0.15) is 0 Å². The Morgan fingerprint density at radius 1 is 0.769 bits per heavy atom. The van der Waals surface area contributed by atoms with Crippen LogP contribution in [0.2, 0.25) is 0 Å². The van der Waals surface area contributed by atoms with Crippen LogP contribution in [-0.4, -0.2) is 142 Å². The number of carboxylic acid groups (broad SMARTS) is 2. The van der Waals surface area contributed by atoms with Crippen molar-refractivity contribution < 1.29 is 43.5 Å². The molecule has 0 aliphatic heterocycles. The number of hydrogen-bond donors (Lipinski definition) is 4. The van der Waals surface area contributed by atoms with Gasteiger partial charge in [0.15, 0.2) is 6.54 Å². The molecule has 0 radical (unpaired) electrons. The van der Waals surface area contributed by atoms with Gasteiger partial charge in [0.2, 0.25) is 0 Å². The molecule has 0 spiro atoms. The minimum Gasteiger partial charge on any atom is -0.481 e. The number of aliphatic carboxylic acids is 2. The first-order valence-electron chi connectivity index (χ1n) is 8.43. The molecule has 0 fully saturated rings. The molecule has 0 unspecified atom stereocenters. The summed E-state index contributed by atoms with van der Waals surface area (Å²) < 4.78 is 1.90. The minimum absolute atomic E-state index is 0.171. The zero-order chi connectivity index (χ0) is 21.8. The lowest BCUT2D eigenvalue weighted by atomic mass is 10.2. The summed E-state index contributed by atoms with van der Waals surface area (Å²) in [7, 11) is 17.4. The SMILES string of the molecule is C[N+](C)(C)CC(=O)O.C[N+](C)(C)CCO.C[N+](C)(C)C[C@H](O)CC(=O)O. The Bertz CT molecular complexity index is 395. The normalized spacial score (nSPS) is 12.9. The second kappa shape index (κ2) is 13.0. The summed E-state index contributed by atoms with van der Waals surface area (Å²) in [5.41, 5.74) is 0. The maximum atomic E-state index is 10.1. The predicted octanol–water partition coefficient (Wildman–Crippen LogP) is -1.01. The first kappa shape index (κ1) is 29.5. The number of aliphatic hydroxyl groups excluding tert-OH is 2. The summed E-state index contributed by atoms with van der Waals surface area (Å²) in [6, 6.07) is 0. The van der Waals surface area contributed by atoms with Gasteiger partial charge in [-0.15, -0.1) is 0 Å². The second-order valence-corrected chi connectivity index (χ2v) is 9.30. The number of hydrogen-bond acceptors (Lipinski definition) is 4. The lowest BCUT2D eigenvalue weighted by Crippen LogP contribution is -2.42. The van der Waals surface area contributed by atoms with Crippen LogP contribution in [0.4, 0.5) is 0 Å². The third-order valence-corrected chi connectivity index (χ3v) is 2.55. The van der Waals surface area contributed by atoms with Crippen molar-refractivity contribution in [2.24, 2.45) is 0 Å². The van der Waals surface area contributed by atoms with E-state index < -0.39 is 18.0 Å². The van der Waals surface area contributed by atoms with Crippen molar-refractivity contribution >= 4 is 11.9 Å². The molecule has 0 saturated carbocycles. The molecule has 0 aromatic carbocycles. The summed E-state index contributed by atoms with van der Waals surface area (Å²) in [6.45, 7) is 1.76. The minimum atomic E-state index is -0.953. The largest absolute Gasteiger partial charge is 0.481 e. The van der Waals surface area contributed by atoms with Gasteiger partial charge in [-0.25, -0.2) is 4.79 Å². The van der Waals surface area contributed by atoms with Crippen LogP contribution in [0, 0.1) is 0 Å². The Kier molecular flexibility index (Phi) is 14.7. The van der Waals surface area contributed by atoms with Gasteiger partial charge in [-0.1, -0.05) is 0 Å². The summed E-state index contributed by atoms with van der Waals surface area (Å²) >= 11 is 0. The summed E-state index contributed by atoms with van der Waals surface area (Å²) in [5, 5.41) is 34.1. The van der Waals surface area contributed by atoms with Gasteiger partial charge in [-0.3, -0.25) is 4.79 Å². The summed E-state index contributed by atoms with van der Waals surface area (Å²) in [6.07, 6.45) is -0.914. The van der Waals surface area contributed by atoms with E-state index in [0.29, 0.717) is 15.5 Å². The van der Waals surface area contributed by atoms with Crippen LogP contribution in [0.5, 0.6) is 0 Å². The molecule has 0 aromatic rings. The molecule has 9 nitrogen and oxygen atoms in total. The lowest BCUT2D eigenvalue weighted by molar-refractivity contribution is -0.873. The molecule has 158 valence electrons. The fraction of sp³-hybridized carbons (Fsp3) is 0.882. The van der Waals surface area contributed by atoms with E-state index >= 15 is 0 Å². The number of likely N-dealkylation sites (N-methyl/N-ethyl adjacent to an activating group) is 3. The first-order chi connectivity index (χ1) is 11.3. The van der Waals surface area contributed by atoms with E-state index in [-0.39, 0.29) is 19.6 Å². The molecular weight excluding hydrogens is 342 g/mol. The molecule has 1 atom stereocenters. The highest BCUT2D eigenvalue weighted by Gasteiger charge is 2.17. The van der Waals surface area contributed by atoms with Crippen molar-refractivity contribution in [2.75, 3.05) is 89.7 Å². The average Bonchev–Trinajstić information content (AvgIpc) is 2.19. The number of carbonyl (C=O) groups is 2. The number of nitrogens with zero attached hydrogens (tertiary/aromatic N) is 3. The summed E-state index contributed by atoms with van der Waals surface area (Å²) in [5.74, 6) is -1.71. The van der Waals surface area contributed by atoms with E-state index in [1.807, 2.05) is 42.3 Å². The Morgan fingerprint density at radius 2 is 1.19 bits per heavy atom. The van der Waals surface area contributed by atoms with Crippen LogP contribution >= 0.6 is 0 Å². The average molecular weight is 385 g/mol. The van der Waals surface area contributed by atoms with Crippen molar-refractivity contribution in [3.8, 4) is 0 Å². The van der Waals surface area contributed by atoms with Crippen LogP contribution in [-0.2, 0) is 9.59 Å². The fourth-order valence-electron chi connectivity index (χ4n) is 1.60. The van der Waals surface area contributed by atoms with E-state index in [1.54, 1.807) is 0 Å². The molecule has 9 heteroatoms. The van der Waals surface area contributed by atoms with E-state index in [2.05, 4.69) is 21.1 Å². The molecule has 0 bridgehead atoms. The lowest BCUT2D eigenvalue weighted by Gasteiger charge is -2.25. The highest BCUT2D eigenvalue weighted by atomic mass is 16.4. The van der Waals surface area contributed by atoms with Crippen LogP contribution < -0.4 is 0 Å². The molecular formula is C17H42N3O6+3. The highest BCUT2D eigenvalue weighted by molar-refractivity contribution is 5.67. The van der Waals surface area contributed by atoms with Crippen molar-refractivity contribution in [3.63, 3.8) is 0 Å². The Morgan fingerprint density at radius 3 is 1.31 bits per heavy atom. The van der Waals surface area contributed by atoms with Gasteiger partial charge < -0.3 is 33.9 Å². The van der Waals surface area contributed by atoms with E-state index in [4.69, 9.17) is 20.4 Å². The van der Waals surface area contributed by atoms with E-state index in [9.17, 15) is 9.59 Å². The molecule has 26 heavy (non-hydrogen) atoms. The van der Waals surface area contributed by atoms with Crippen molar-refractivity contribution in [1.82, 2.24) is 0 Å². The van der Waals surface area contributed by atoms with Gasteiger partial charge in [-0.05, 0) is 0 Å². The molecule has 0 heterocycles. The molecule has 0 aromatic heterocycles. The van der Waals surface area contributed by atoms with Crippen molar-refractivity contribution in [1.29, 1.82) is 0 Å². The van der Waals surface area contributed by atoms with E-state index in [0.717, 1.165) is 11.0 Å². The van der Waals surface area contributed by atoms with Gasteiger partial charge >= 0.3 is 11.9 Å². The molecule has 0 aliphatic rings. The number of quaternary nitrogens is 3. The standard InChI is InChI=1S/C7H15NO3.C5H11NO2.C5H14NO/c1-8(2,3)5-6(9)4-7(10)11;1-6(2,3)4-5(7)8;1-6(2,3)4-5-7/h6,9H,4-5H2,1-3H3;4H2,1-3H3;7H,4-5H2,1-3H3/q;;+1/p+2/t6-;;/m1../s1. The third kappa shape index (κ3) is 38.4. The smallest absolute Gasteiger partial charge is 0.359 e. The number of carboxylic acids is 2. The zero-order valence-corrected chi connectivity index (χ0v) is 18.1. The van der Waals surface area contributed by atoms with Gasteiger partial charge in [0.05, 0.1) is 76.5 Å². The third-order valence-electron chi connectivity index (χ3n) is 2.55. The predicted molar refractivity (Wildman–Crippen MR) is 102 cm³/mol. The van der Waals surface area contributed by atoms with Gasteiger partial charge in [0, 0.05) is 0 Å². The molecule has 0 amide bonds. The zero-order valence-electron chi connectivity index (χ0n) is 18.1. The van der Waals surface area contributed by atoms with Crippen LogP contribution in [0.25, 0.3) is 0 Å². The first-order valence-corrected chi connectivity index (χ1v) is 8.43. The maximum Gasteiger partial charge on any atom is 0.359 e. The van der Waals surface area contributed by atoms with Crippen molar-refractivity contribution in [2.45, 2.75) is 12.5 Å². The fourth-order valence-corrected chi connectivity index (χ4v) is 1.60. The Hall–Kier alpha value is -1.26. The monoisotopic (exact) mass is 384 g/mol. The maximum absolute atomic E-state index is 10.1. The number of rotatable bonds is 8. The second-order valence-electron chi connectivity index (χ2n) is 9.30. The van der Waals surface area contributed by atoms with Gasteiger partial charge in [0.1, 0.15) is 19.2 Å². The topological polar surface area (TPSA) is 115 Å². The molecule has 0 rings (SSSR count).